The SMILES string of the molecule is CC(c1ccccn1)N(C)Cc1cnc(S(C)(=O)=O)n1CC1CCCCC1. The van der Waals surface area contributed by atoms with Crippen LogP contribution in [0.1, 0.15) is 56.5 Å². The van der Waals surface area contributed by atoms with Gasteiger partial charge in [0.25, 0.3) is 0 Å². The van der Waals surface area contributed by atoms with Crippen LogP contribution in [0.4, 0.5) is 0 Å². The topological polar surface area (TPSA) is 68.1 Å². The Morgan fingerprint density at radius 2 is 1.96 bits per heavy atom. The molecule has 7 heteroatoms. The van der Waals surface area contributed by atoms with Crippen LogP contribution in [0.5, 0.6) is 0 Å². The van der Waals surface area contributed by atoms with Crippen molar-refractivity contribution in [2.75, 3.05) is 13.3 Å². The van der Waals surface area contributed by atoms with Crippen molar-refractivity contribution in [3.05, 3.63) is 42.0 Å². The molecule has 3 rings (SSSR count). The van der Waals surface area contributed by atoms with Crippen LogP contribution in [0.2, 0.25) is 0 Å². The molecule has 0 aromatic carbocycles. The van der Waals surface area contributed by atoms with Crippen molar-refractivity contribution in [1.29, 1.82) is 0 Å². The van der Waals surface area contributed by atoms with E-state index in [4.69, 9.17) is 0 Å². The van der Waals surface area contributed by atoms with E-state index in [1.54, 1.807) is 12.4 Å². The van der Waals surface area contributed by atoms with Crippen LogP contribution in [-0.2, 0) is 22.9 Å². The molecule has 2 aromatic heterocycles. The van der Waals surface area contributed by atoms with Crippen molar-refractivity contribution in [2.45, 2.75) is 63.3 Å². The molecule has 1 aliphatic carbocycles. The molecule has 2 heterocycles. The van der Waals surface area contributed by atoms with E-state index >= 15 is 0 Å². The summed E-state index contributed by atoms with van der Waals surface area (Å²) in [5.41, 5.74) is 1.95. The molecule has 6 nitrogen and oxygen atoms in total. The molecular weight excluding hydrogens is 360 g/mol. The highest BCUT2D eigenvalue weighted by molar-refractivity contribution is 7.90. The van der Waals surface area contributed by atoms with Crippen LogP contribution in [0.3, 0.4) is 0 Å². The van der Waals surface area contributed by atoms with Crippen LogP contribution in [0, 0.1) is 5.92 Å². The Labute approximate surface area is 162 Å². The third-order valence-corrected chi connectivity index (χ3v) is 6.58. The van der Waals surface area contributed by atoms with E-state index in [2.05, 4.69) is 21.8 Å². The summed E-state index contributed by atoms with van der Waals surface area (Å²) in [6.45, 7) is 3.48. The molecule has 1 atom stereocenters. The maximum Gasteiger partial charge on any atom is 0.227 e. The maximum absolute atomic E-state index is 12.2. The fraction of sp³-hybridized carbons (Fsp3) is 0.600. The summed E-state index contributed by atoms with van der Waals surface area (Å²) >= 11 is 0. The molecule has 0 saturated heterocycles. The Bertz CT molecular complexity index is 842. The average molecular weight is 391 g/mol. The van der Waals surface area contributed by atoms with E-state index in [0.29, 0.717) is 12.5 Å². The molecule has 0 amide bonds. The summed E-state index contributed by atoms with van der Waals surface area (Å²) < 4.78 is 26.4. The lowest BCUT2D eigenvalue weighted by molar-refractivity contribution is 0.235. The predicted octanol–water partition coefficient (Wildman–Crippen LogP) is 3.45. The summed E-state index contributed by atoms with van der Waals surface area (Å²) in [5, 5.41) is 0.196. The van der Waals surface area contributed by atoms with Crippen LogP contribution >= 0.6 is 0 Å². The van der Waals surface area contributed by atoms with Gasteiger partial charge in [0, 0.05) is 31.6 Å². The molecule has 0 N–H and O–H groups in total. The number of pyridine rings is 1. The third kappa shape index (κ3) is 4.96. The molecular formula is C20H30N4O2S. The Morgan fingerprint density at radius 1 is 1.22 bits per heavy atom. The summed E-state index contributed by atoms with van der Waals surface area (Å²) in [6, 6.07) is 6.05. The van der Waals surface area contributed by atoms with Gasteiger partial charge in [0.1, 0.15) is 0 Å². The zero-order valence-electron chi connectivity index (χ0n) is 16.5. The second-order valence-electron chi connectivity index (χ2n) is 7.76. The van der Waals surface area contributed by atoms with Crippen molar-refractivity contribution in [3.63, 3.8) is 0 Å². The second kappa shape index (κ2) is 8.52. The molecule has 0 radical (unpaired) electrons. The number of nitrogens with zero attached hydrogens (tertiary/aromatic N) is 4. The summed E-state index contributed by atoms with van der Waals surface area (Å²) in [5.74, 6) is 0.533. The van der Waals surface area contributed by atoms with Gasteiger partial charge >= 0.3 is 0 Å². The van der Waals surface area contributed by atoms with Gasteiger partial charge in [-0.3, -0.25) is 9.88 Å². The van der Waals surface area contributed by atoms with E-state index in [9.17, 15) is 8.42 Å². The molecule has 148 valence electrons. The fourth-order valence-electron chi connectivity index (χ4n) is 3.88. The highest BCUT2D eigenvalue weighted by atomic mass is 32.2. The monoisotopic (exact) mass is 390 g/mol. The van der Waals surface area contributed by atoms with Crippen LogP contribution in [0.25, 0.3) is 0 Å². The van der Waals surface area contributed by atoms with Crippen molar-refractivity contribution < 1.29 is 8.42 Å². The second-order valence-corrected chi connectivity index (χ2v) is 9.67. The number of imidazole rings is 1. The smallest absolute Gasteiger partial charge is 0.227 e. The first-order valence-electron chi connectivity index (χ1n) is 9.72. The minimum absolute atomic E-state index is 0.130. The van der Waals surface area contributed by atoms with Gasteiger partial charge in [0.15, 0.2) is 0 Å². The Balaban J connectivity index is 1.82. The van der Waals surface area contributed by atoms with Crippen LogP contribution < -0.4 is 0 Å². The zero-order chi connectivity index (χ0) is 19.4. The number of rotatable bonds is 7. The van der Waals surface area contributed by atoms with E-state index in [0.717, 1.165) is 17.9 Å². The third-order valence-electron chi connectivity index (χ3n) is 5.59. The first kappa shape index (κ1) is 20.0. The standard InChI is InChI=1S/C20H30N4O2S/c1-16(19-11-7-8-12-21-19)23(2)15-18-13-22-20(27(3,25)26)24(18)14-17-9-5-4-6-10-17/h7-8,11-13,16-17H,4-6,9-10,14-15H2,1-3H3. The molecule has 1 unspecified atom stereocenters. The Morgan fingerprint density at radius 3 is 2.59 bits per heavy atom. The van der Waals surface area contributed by atoms with Gasteiger partial charge in [-0.1, -0.05) is 25.3 Å². The summed E-state index contributed by atoms with van der Waals surface area (Å²) in [6.07, 6.45) is 10.9. The van der Waals surface area contributed by atoms with Crippen molar-refractivity contribution >= 4 is 9.84 Å². The average Bonchev–Trinajstić information content (AvgIpc) is 3.05. The van der Waals surface area contributed by atoms with Gasteiger partial charge in [-0.05, 0) is 44.9 Å². The minimum atomic E-state index is -3.35. The number of hydrogen-bond acceptors (Lipinski definition) is 5. The highest BCUT2D eigenvalue weighted by Crippen LogP contribution is 2.27. The van der Waals surface area contributed by atoms with Gasteiger partial charge in [0.05, 0.1) is 17.6 Å². The molecule has 0 bridgehead atoms. The fourth-order valence-corrected chi connectivity index (χ4v) is 4.71. The molecule has 1 saturated carbocycles. The lowest BCUT2D eigenvalue weighted by Gasteiger charge is -2.27. The van der Waals surface area contributed by atoms with E-state index in [-0.39, 0.29) is 11.2 Å². The number of hydrogen-bond donors (Lipinski definition) is 0. The number of sulfone groups is 1. The highest BCUT2D eigenvalue weighted by Gasteiger charge is 2.24. The van der Waals surface area contributed by atoms with Crippen LogP contribution in [0.15, 0.2) is 35.7 Å². The minimum Gasteiger partial charge on any atom is -0.317 e. The molecule has 1 aliphatic rings. The van der Waals surface area contributed by atoms with E-state index in [1.165, 1.54) is 38.4 Å². The first-order chi connectivity index (χ1) is 12.9. The van der Waals surface area contributed by atoms with E-state index < -0.39 is 9.84 Å². The van der Waals surface area contributed by atoms with E-state index in [1.807, 2.05) is 29.8 Å². The van der Waals surface area contributed by atoms with Gasteiger partial charge in [0.2, 0.25) is 15.0 Å². The Kier molecular flexibility index (Phi) is 6.32. The number of aromatic nitrogens is 3. The van der Waals surface area contributed by atoms with Gasteiger partial charge in [-0.2, -0.15) is 0 Å². The first-order valence-corrected chi connectivity index (χ1v) is 11.6. The molecule has 0 aliphatic heterocycles. The predicted molar refractivity (Wildman–Crippen MR) is 106 cm³/mol. The van der Waals surface area contributed by atoms with Crippen molar-refractivity contribution in [3.8, 4) is 0 Å². The van der Waals surface area contributed by atoms with Gasteiger partial charge in [-0.15, -0.1) is 0 Å². The van der Waals surface area contributed by atoms with Gasteiger partial charge in [-0.25, -0.2) is 13.4 Å². The zero-order valence-corrected chi connectivity index (χ0v) is 17.3. The molecule has 27 heavy (non-hydrogen) atoms. The summed E-state index contributed by atoms with van der Waals surface area (Å²) in [4.78, 5) is 10.9. The van der Waals surface area contributed by atoms with Crippen molar-refractivity contribution in [2.24, 2.45) is 5.92 Å². The summed E-state index contributed by atoms with van der Waals surface area (Å²) in [7, 11) is -1.31. The molecule has 1 fully saturated rings. The lowest BCUT2D eigenvalue weighted by Crippen LogP contribution is -2.26. The normalized spacial score (nSPS) is 17.3. The quantitative estimate of drug-likeness (QED) is 0.724. The van der Waals surface area contributed by atoms with Gasteiger partial charge < -0.3 is 4.57 Å². The molecule has 2 aromatic rings. The Hall–Kier alpha value is -1.73. The van der Waals surface area contributed by atoms with Crippen molar-refractivity contribution in [1.82, 2.24) is 19.4 Å². The van der Waals surface area contributed by atoms with Crippen LogP contribution in [-0.4, -0.2) is 41.2 Å². The lowest BCUT2D eigenvalue weighted by atomic mass is 9.89. The largest absolute Gasteiger partial charge is 0.317 e. The maximum atomic E-state index is 12.2. The molecule has 0 spiro atoms.